The van der Waals surface area contributed by atoms with Gasteiger partial charge in [-0.05, 0) is 12.8 Å². The minimum absolute atomic E-state index is 0.606. The molecule has 76 valence electrons. The van der Waals surface area contributed by atoms with Crippen LogP contribution in [-0.2, 0) is 0 Å². The van der Waals surface area contributed by atoms with Gasteiger partial charge in [-0.2, -0.15) is 0 Å². The number of hydrogen-bond donors (Lipinski definition) is 1. The fraction of sp³-hybridized carbons (Fsp3) is 0.636. The fourth-order valence-corrected chi connectivity index (χ4v) is 2.01. The lowest BCUT2D eigenvalue weighted by Gasteiger charge is -2.15. The van der Waals surface area contributed by atoms with Crippen LogP contribution in [0.4, 0.5) is 5.82 Å². The molecule has 0 atom stereocenters. The molecule has 0 unspecified atom stereocenters. The van der Waals surface area contributed by atoms with E-state index in [9.17, 15) is 0 Å². The van der Waals surface area contributed by atoms with Gasteiger partial charge in [0.15, 0.2) is 0 Å². The zero-order chi connectivity index (χ0) is 9.64. The molecule has 3 heteroatoms. The number of nitrogens with one attached hydrogen (secondary N) is 1. The topological polar surface area (TPSA) is 37.8 Å². The smallest absolute Gasteiger partial charge is 0.144 e. The molecule has 2 rings (SSSR count). The molecule has 0 bridgehead atoms. The van der Waals surface area contributed by atoms with Crippen LogP contribution in [0.25, 0.3) is 0 Å². The molecule has 0 saturated heterocycles. The van der Waals surface area contributed by atoms with Crippen molar-refractivity contribution in [3.05, 3.63) is 18.6 Å². The Morgan fingerprint density at radius 3 is 2.50 bits per heavy atom. The Bertz CT molecular complexity index is 252. The van der Waals surface area contributed by atoms with Gasteiger partial charge < -0.3 is 5.32 Å². The van der Waals surface area contributed by atoms with Gasteiger partial charge in [-0.25, -0.2) is 4.98 Å². The lowest BCUT2D eigenvalue weighted by atomic mass is 10.1. The van der Waals surface area contributed by atoms with E-state index in [1.54, 1.807) is 18.6 Å². The molecular formula is C11H17N3. The highest BCUT2D eigenvalue weighted by molar-refractivity contribution is 5.31. The van der Waals surface area contributed by atoms with Crippen LogP contribution in [-0.4, -0.2) is 16.0 Å². The molecule has 1 aliphatic rings. The molecule has 1 aliphatic carbocycles. The molecular weight excluding hydrogens is 174 g/mol. The van der Waals surface area contributed by atoms with E-state index in [0.717, 1.165) is 5.82 Å². The van der Waals surface area contributed by atoms with Crippen LogP contribution in [0, 0.1) is 0 Å². The zero-order valence-corrected chi connectivity index (χ0v) is 8.45. The van der Waals surface area contributed by atoms with Gasteiger partial charge in [-0.1, -0.05) is 25.7 Å². The Kier molecular flexibility index (Phi) is 3.33. The third kappa shape index (κ3) is 2.69. The maximum absolute atomic E-state index is 4.23. The molecule has 0 amide bonds. The van der Waals surface area contributed by atoms with E-state index >= 15 is 0 Å². The van der Waals surface area contributed by atoms with E-state index in [0.29, 0.717) is 6.04 Å². The highest BCUT2D eigenvalue weighted by atomic mass is 15.0. The van der Waals surface area contributed by atoms with E-state index in [2.05, 4.69) is 15.3 Å². The van der Waals surface area contributed by atoms with Crippen molar-refractivity contribution in [1.82, 2.24) is 9.97 Å². The molecule has 3 nitrogen and oxygen atoms in total. The van der Waals surface area contributed by atoms with Crippen LogP contribution in [0.2, 0.25) is 0 Å². The molecule has 1 saturated carbocycles. The summed E-state index contributed by atoms with van der Waals surface area (Å²) in [5, 5.41) is 3.45. The van der Waals surface area contributed by atoms with Crippen LogP contribution in [0.1, 0.15) is 38.5 Å². The summed E-state index contributed by atoms with van der Waals surface area (Å²) in [7, 11) is 0. The number of hydrogen-bond acceptors (Lipinski definition) is 3. The van der Waals surface area contributed by atoms with E-state index in [1.165, 1.54) is 38.5 Å². The largest absolute Gasteiger partial charge is 0.366 e. The summed E-state index contributed by atoms with van der Waals surface area (Å²) in [6.07, 6.45) is 13.3. The Labute approximate surface area is 85.0 Å². The SMILES string of the molecule is c1cnc(NC2CCCCCC2)cn1. The van der Waals surface area contributed by atoms with Gasteiger partial charge in [0, 0.05) is 18.4 Å². The molecule has 1 heterocycles. The second-order valence-electron chi connectivity index (χ2n) is 3.92. The van der Waals surface area contributed by atoms with Gasteiger partial charge in [-0.3, -0.25) is 4.98 Å². The molecule has 1 fully saturated rings. The second kappa shape index (κ2) is 4.94. The molecule has 1 aromatic heterocycles. The van der Waals surface area contributed by atoms with Gasteiger partial charge in [0.1, 0.15) is 5.82 Å². The minimum Gasteiger partial charge on any atom is -0.366 e. The van der Waals surface area contributed by atoms with Crippen LogP contribution in [0.5, 0.6) is 0 Å². The molecule has 14 heavy (non-hydrogen) atoms. The molecule has 1 aromatic rings. The summed E-state index contributed by atoms with van der Waals surface area (Å²) < 4.78 is 0. The van der Waals surface area contributed by atoms with Crippen LogP contribution < -0.4 is 5.32 Å². The van der Waals surface area contributed by atoms with Crippen molar-refractivity contribution in [2.75, 3.05) is 5.32 Å². The van der Waals surface area contributed by atoms with Crippen molar-refractivity contribution in [2.24, 2.45) is 0 Å². The van der Waals surface area contributed by atoms with E-state index in [-0.39, 0.29) is 0 Å². The zero-order valence-electron chi connectivity index (χ0n) is 8.45. The molecule has 0 radical (unpaired) electrons. The third-order valence-corrected chi connectivity index (χ3v) is 2.77. The molecule has 0 spiro atoms. The first-order valence-corrected chi connectivity index (χ1v) is 5.48. The van der Waals surface area contributed by atoms with Crippen LogP contribution >= 0.6 is 0 Å². The maximum atomic E-state index is 4.23. The summed E-state index contributed by atoms with van der Waals surface area (Å²) in [5.41, 5.74) is 0. The van der Waals surface area contributed by atoms with E-state index in [4.69, 9.17) is 0 Å². The fourth-order valence-electron chi connectivity index (χ4n) is 2.01. The summed E-state index contributed by atoms with van der Waals surface area (Å²) in [6, 6.07) is 0.606. The Hall–Kier alpha value is -1.12. The maximum Gasteiger partial charge on any atom is 0.144 e. The standard InChI is InChI=1S/C11H17N3/c1-2-4-6-10(5-3-1)14-11-9-12-7-8-13-11/h7-10H,1-6H2,(H,13,14). The number of aromatic nitrogens is 2. The Morgan fingerprint density at radius 1 is 1.07 bits per heavy atom. The average Bonchev–Trinajstić information content (AvgIpc) is 2.48. The molecule has 0 aromatic carbocycles. The Morgan fingerprint density at radius 2 is 1.86 bits per heavy atom. The summed E-state index contributed by atoms with van der Waals surface area (Å²) in [4.78, 5) is 8.28. The number of rotatable bonds is 2. The van der Waals surface area contributed by atoms with Crippen molar-refractivity contribution < 1.29 is 0 Å². The highest BCUT2D eigenvalue weighted by Gasteiger charge is 2.11. The Balaban J connectivity index is 1.90. The predicted molar refractivity (Wildman–Crippen MR) is 57.1 cm³/mol. The van der Waals surface area contributed by atoms with Crippen molar-refractivity contribution in [2.45, 2.75) is 44.6 Å². The van der Waals surface area contributed by atoms with Crippen molar-refractivity contribution >= 4 is 5.82 Å². The van der Waals surface area contributed by atoms with Crippen LogP contribution in [0.3, 0.4) is 0 Å². The van der Waals surface area contributed by atoms with Gasteiger partial charge in [0.2, 0.25) is 0 Å². The lowest BCUT2D eigenvalue weighted by molar-refractivity contribution is 0.617. The first-order valence-electron chi connectivity index (χ1n) is 5.48. The number of anilines is 1. The minimum atomic E-state index is 0.606. The quantitative estimate of drug-likeness (QED) is 0.730. The summed E-state index contributed by atoms with van der Waals surface area (Å²) in [6.45, 7) is 0. The van der Waals surface area contributed by atoms with Crippen LogP contribution in [0.15, 0.2) is 18.6 Å². The molecule has 1 N–H and O–H groups in total. The van der Waals surface area contributed by atoms with Crippen molar-refractivity contribution in [1.29, 1.82) is 0 Å². The second-order valence-corrected chi connectivity index (χ2v) is 3.92. The van der Waals surface area contributed by atoms with Gasteiger partial charge in [-0.15, -0.1) is 0 Å². The predicted octanol–water partition coefficient (Wildman–Crippen LogP) is 2.61. The number of nitrogens with zero attached hydrogens (tertiary/aromatic N) is 2. The average molecular weight is 191 g/mol. The van der Waals surface area contributed by atoms with Gasteiger partial charge >= 0.3 is 0 Å². The van der Waals surface area contributed by atoms with Gasteiger partial charge in [0.05, 0.1) is 6.20 Å². The van der Waals surface area contributed by atoms with E-state index in [1.807, 2.05) is 0 Å². The normalized spacial score (nSPS) is 18.9. The summed E-state index contributed by atoms with van der Waals surface area (Å²) >= 11 is 0. The van der Waals surface area contributed by atoms with Crippen molar-refractivity contribution in [3.8, 4) is 0 Å². The monoisotopic (exact) mass is 191 g/mol. The lowest BCUT2D eigenvalue weighted by Crippen LogP contribution is -2.18. The third-order valence-electron chi connectivity index (χ3n) is 2.77. The van der Waals surface area contributed by atoms with Crippen molar-refractivity contribution in [3.63, 3.8) is 0 Å². The van der Waals surface area contributed by atoms with Gasteiger partial charge in [0.25, 0.3) is 0 Å². The molecule has 0 aliphatic heterocycles. The first-order chi connectivity index (χ1) is 6.95. The summed E-state index contributed by atoms with van der Waals surface area (Å²) in [5.74, 6) is 0.916. The van der Waals surface area contributed by atoms with E-state index < -0.39 is 0 Å². The highest BCUT2D eigenvalue weighted by Crippen LogP contribution is 2.19. The first kappa shape index (κ1) is 9.44.